The van der Waals surface area contributed by atoms with Crippen LogP contribution in [-0.2, 0) is 18.3 Å². The minimum atomic E-state index is -0.115. The molecular formula is C25H24Cl2N2OS. The van der Waals surface area contributed by atoms with Crippen LogP contribution in [0.3, 0.4) is 0 Å². The summed E-state index contributed by atoms with van der Waals surface area (Å²) in [5.74, 6) is 0.597. The van der Waals surface area contributed by atoms with E-state index in [1.54, 1.807) is 23.5 Å². The maximum absolute atomic E-state index is 13.1. The summed E-state index contributed by atoms with van der Waals surface area (Å²) in [4.78, 5) is 22.8. The fraction of sp³-hybridized carbons (Fsp3) is 0.280. The number of benzene rings is 2. The maximum atomic E-state index is 13.1. The van der Waals surface area contributed by atoms with Gasteiger partial charge >= 0.3 is 0 Å². The maximum Gasteiger partial charge on any atom is 0.260 e. The number of nitrogens with zero attached hydrogens (tertiary/aromatic N) is 1. The summed E-state index contributed by atoms with van der Waals surface area (Å²) < 4.78 is 0. The molecule has 0 aliphatic carbocycles. The van der Waals surface area contributed by atoms with Crippen LogP contribution in [0.15, 0.2) is 47.3 Å². The Morgan fingerprint density at radius 3 is 2.39 bits per heavy atom. The Balaban J connectivity index is 1.80. The summed E-state index contributed by atoms with van der Waals surface area (Å²) in [6, 6.07) is 13.9. The molecule has 0 amide bonds. The van der Waals surface area contributed by atoms with Gasteiger partial charge in [-0.2, -0.15) is 0 Å². The van der Waals surface area contributed by atoms with Crippen LogP contribution in [0, 0.1) is 0 Å². The number of nitrogens with one attached hydrogen (secondary N) is 1. The highest BCUT2D eigenvalue weighted by Crippen LogP contribution is 2.37. The molecule has 0 aliphatic heterocycles. The summed E-state index contributed by atoms with van der Waals surface area (Å²) in [7, 11) is 0. The minimum absolute atomic E-state index is 0.0830. The van der Waals surface area contributed by atoms with Crippen molar-refractivity contribution in [1.82, 2.24) is 9.97 Å². The van der Waals surface area contributed by atoms with E-state index < -0.39 is 0 Å². The average Bonchev–Trinajstić information content (AvgIpc) is 3.09. The third kappa shape index (κ3) is 4.43. The lowest BCUT2D eigenvalue weighted by Crippen LogP contribution is -2.12. The first-order valence-corrected chi connectivity index (χ1v) is 11.8. The van der Waals surface area contributed by atoms with Gasteiger partial charge < -0.3 is 4.98 Å². The fourth-order valence-electron chi connectivity index (χ4n) is 3.72. The third-order valence-electron chi connectivity index (χ3n) is 5.42. The highest BCUT2D eigenvalue weighted by Gasteiger charge is 2.20. The zero-order chi connectivity index (χ0) is 22.3. The highest BCUT2D eigenvalue weighted by atomic mass is 35.5. The summed E-state index contributed by atoms with van der Waals surface area (Å²) in [6.07, 6.45) is 1.28. The predicted molar refractivity (Wildman–Crippen MR) is 133 cm³/mol. The Bertz CT molecular complexity index is 1310. The summed E-state index contributed by atoms with van der Waals surface area (Å²) in [6.45, 7) is 8.70. The molecule has 0 fully saturated rings. The number of H-pyrrole nitrogens is 1. The number of hydrogen-bond donors (Lipinski definition) is 1. The molecule has 0 radical (unpaired) electrons. The number of rotatable bonds is 4. The standard InChI is InChI=1S/C25H24Cl2N2OS/c1-5-19-21(14-6-9-16(10-7-14)25(2,3)4)22-23(30)28-20(29-24(22)31-19)12-15-8-11-17(26)13-18(15)27/h6-11,13H,5,12H2,1-4H3,(H,28,29,30). The van der Waals surface area contributed by atoms with Crippen LogP contribution in [0.2, 0.25) is 10.0 Å². The molecule has 0 aliphatic rings. The van der Waals surface area contributed by atoms with Crippen molar-refractivity contribution in [2.24, 2.45) is 0 Å². The number of aromatic amines is 1. The number of aryl methyl sites for hydroxylation is 1. The van der Waals surface area contributed by atoms with Gasteiger partial charge in [0.15, 0.2) is 0 Å². The molecule has 1 N–H and O–H groups in total. The first-order chi connectivity index (χ1) is 14.7. The summed E-state index contributed by atoms with van der Waals surface area (Å²) >= 11 is 13.9. The molecule has 2 aromatic heterocycles. The second-order valence-electron chi connectivity index (χ2n) is 8.69. The van der Waals surface area contributed by atoms with Gasteiger partial charge in [-0.05, 0) is 40.7 Å². The van der Waals surface area contributed by atoms with Crippen molar-refractivity contribution in [3.63, 3.8) is 0 Å². The molecule has 0 saturated carbocycles. The molecule has 160 valence electrons. The topological polar surface area (TPSA) is 45.8 Å². The Hall–Kier alpha value is -2.14. The number of fused-ring (bicyclic) bond motifs is 1. The lowest BCUT2D eigenvalue weighted by atomic mass is 9.86. The van der Waals surface area contributed by atoms with Crippen molar-refractivity contribution in [1.29, 1.82) is 0 Å². The lowest BCUT2D eigenvalue weighted by molar-refractivity contribution is 0.590. The molecule has 4 rings (SSSR count). The molecule has 6 heteroatoms. The molecule has 0 unspecified atom stereocenters. The lowest BCUT2D eigenvalue weighted by Gasteiger charge is -2.19. The van der Waals surface area contributed by atoms with Gasteiger partial charge in [0.2, 0.25) is 0 Å². The van der Waals surface area contributed by atoms with Crippen LogP contribution in [0.4, 0.5) is 0 Å². The van der Waals surface area contributed by atoms with E-state index in [9.17, 15) is 4.79 Å². The zero-order valence-electron chi connectivity index (χ0n) is 18.0. The molecule has 4 aromatic rings. The Kier molecular flexibility index (Phi) is 5.99. The number of hydrogen-bond acceptors (Lipinski definition) is 3. The van der Waals surface area contributed by atoms with Gasteiger partial charge in [0.1, 0.15) is 10.7 Å². The van der Waals surface area contributed by atoms with Gasteiger partial charge in [-0.15, -0.1) is 11.3 Å². The van der Waals surface area contributed by atoms with Crippen molar-refractivity contribution in [3.05, 3.63) is 84.7 Å². The quantitative estimate of drug-likeness (QED) is 0.337. The van der Waals surface area contributed by atoms with E-state index in [1.165, 1.54) is 5.56 Å². The summed E-state index contributed by atoms with van der Waals surface area (Å²) in [5.41, 5.74) is 4.15. The Morgan fingerprint density at radius 2 is 1.77 bits per heavy atom. The van der Waals surface area contributed by atoms with Gasteiger partial charge in [0.25, 0.3) is 5.56 Å². The van der Waals surface area contributed by atoms with Gasteiger partial charge in [0.05, 0.1) is 5.39 Å². The van der Waals surface area contributed by atoms with E-state index >= 15 is 0 Å². The SMILES string of the molecule is CCc1sc2nc(Cc3ccc(Cl)cc3Cl)[nH]c(=O)c2c1-c1ccc(C(C)(C)C)cc1. The number of aromatic nitrogens is 2. The van der Waals surface area contributed by atoms with E-state index in [2.05, 4.69) is 56.9 Å². The van der Waals surface area contributed by atoms with Gasteiger partial charge in [0, 0.05) is 26.9 Å². The van der Waals surface area contributed by atoms with Crippen molar-refractivity contribution in [3.8, 4) is 11.1 Å². The van der Waals surface area contributed by atoms with E-state index in [4.69, 9.17) is 28.2 Å². The van der Waals surface area contributed by atoms with E-state index in [1.807, 2.05) is 6.07 Å². The first kappa shape index (κ1) is 22.1. The second-order valence-corrected chi connectivity index (χ2v) is 10.6. The molecule has 0 saturated heterocycles. The largest absolute Gasteiger partial charge is 0.310 e. The minimum Gasteiger partial charge on any atom is -0.310 e. The normalized spacial score (nSPS) is 11.9. The van der Waals surface area contributed by atoms with E-state index in [0.29, 0.717) is 27.7 Å². The van der Waals surface area contributed by atoms with Crippen LogP contribution in [0.1, 0.15) is 49.5 Å². The monoisotopic (exact) mass is 470 g/mol. The third-order valence-corrected chi connectivity index (χ3v) is 7.23. The number of thiophene rings is 1. The summed E-state index contributed by atoms with van der Waals surface area (Å²) in [5, 5.41) is 1.81. The predicted octanol–water partition coefficient (Wildman–Crippen LogP) is 7.41. The van der Waals surface area contributed by atoms with Crippen LogP contribution in [-0.4, -0.2) is 9.97 Å². The van der Waals surface area contributed by atoms with Crippen LogP contribution in [0.25, 0.3) is 21.3 Å². The van der Waals surface area contributed by atoms with Gasteiger partial charge in [-0.1, -0.05) is 81.2 Å². The van der Waals surface area contributed by atoms with Crippen molar-refractivity contribution in [2.75, 3.05) is 0 Å². The van der Waals surface area contributed by atoms with Gasteiger partial charge in [-0.3, -0.25) is 4.79 Å². The molecule has 3 nitrogen and oxygen atoms in total. The van der Waals surface area contributed by atoms with Gasteiger partial charge in [-0.25, -0.2) is 4.98 Å². The van der Waals surface area contributed by atoms with Crippen molar-refractivity contribution >= 4 is 44.8 Å². The van der Waals surface area contributed by atoms with Crippen LogP contribution in [0.5, 0.6) is 0 Å². The van der Waals surface area contributed by atoms with Crippen LogP contribution >= 0.6 is 34.5 Å². The molecule has 0 atom stereocenters. The fourth-order valence-corrected chi connectivity index (χ4v) is 5.35. The first-order valence-electron chi connectivity index (χ1n) is 10.3. The average molecular weight is 471 g/mol. The molecular weight excluding hydrogens is 447 g/mol. The molecule has 2 heterocycles. The molecule has 2 aromatic carbocycles. The van der Waals surface area contributed by atoms with Crippen LogP contribution < -0.4 is 5.56 Å². The Labute approximate surface area is 196 Å². The molecule has 0 spiro atoms. The number of halogens is 2. The molecule has 0 bridgehead atoms. The highest BCUT2D eigenvalue weighted by molar-refractivity contribution is 7.19. The smallest absolute Gasteiger partial charge is 0.260 e. The second kappa shape index (κ2) is 8.42. The van der Waals surface area contributed by atoms with Crippen molar-refractivity contribution < 1.29 is 0 Å². The Morgan fingerprint density at radius 1 is 1.06 bits per heavy atom. The van der Waals surface area contributed by atoms with E-state index in [0.717, 1.165) is 32.8 Å². The van der Waals surface area contributed by atoms with Crippen molar-refractivity contribution in [2.45, 2.75) is 46.0 Å². The molecule has 31 heavy (non-hydrogen) atoms. The zero-order valence-corrected chi connectivity index (χ0v) is 20.3. The van der Waals surface area contributed by atoms with E-state index in [-0.39, 0.29) is 11.0 Å².